The lowest BCUT2D eigenvalue weighted by Gasteiger charge is -2.09. The Kier molecular flexibility index (Phi) is 3.73. The molecule has 0 fully saturated rings. The first kappa shape index (κ1) is 9.72. The normalized spacial score (nSPS) is 10.2. The van der Waals surface area contributed by atoms with Crippen LogP contribution in [-0.2, 0) is 6.54 Å². The van der Waals surface area contributed by atoms with Crippen molar-refractivity contribution < 1.29 is 0 Å². The molecule has 0 aromatic carbocycles. The van der Waals surface area contributed by atoms with Crippen LogP contribution in [0.3, 0.4) is 0 Å². The van der Waals surface area contributed by atoms with Gasteiger partial charge in [-0.3, -0.25) is 4.90 Å². The predicted molar refractivity (Wildman–Crippen MR) is 54.0 cm³/mol. The molecule has 2 nitrogen and oxygen atoms in total. The molecule has 0 saturated carbocycles. The topological polar surface area (TPSA) is 27.0 Å². The lowest BCUT2D eigenvalue weighted by atomic mass is 10.4. The molecule has 0 saturated heterocycles. The third-order valence-electron chi connectivity index (χ3n) is 1.40. The summed E-state index contributed by atoms with van der Waals surface area (Å²) >= 11 is 5.10. The maximum absolute atomic E-state index is 8.42. The van der Waals surface area contributed by atoms with E-state index in [9.17, 15) is 0 Å². The molecule has 64 valence electrons. The van der Waals surface area contributed by atoms with Crippen molar-refractivity contribution in [3.63, 3.8) is 0 Å². The molecule has 0 aliphatic carbocycles. The van der Waals surface area contributed by atoms with Crippen molar-refractivity contribution in [3.05, 3.63) is 20.8 Å². The van der Waals surface area contributed by atoms with E-state index in [1.807, 2.05) is 18.0 Å². The van der Waals surface area contributed by atoms with Gasteiger partial charge in [0, 0.05) is 11.4 Å². The van der Waals surface area contributed by atoms with Gasteiger partial charge in [-0.1, -0.05) is 0 Å². The summed E-state index contributed by atoms with van der Waals surface area (Å²) in [5.41, 5.74) is 0. The van der Waals surface area contributed by atoms with E-state index in [4.69, 9.17) is 5.26 Å². The number of halogens is 1. The van der Waals surface area contributed by atoms with E-state index in [1.165, 1.54) is 4.88 Å². The van der Waals surface area contributed by atoms with Crippen LogP contribution in [0.25, 0.3) is 0 Å². The van der Waals surface area contributed by atoms with Gasteiger partial charge in [0.2, 0.25) is 0 Å². The van der Waals surface area contributed by atoms with E-state index in [2.05, 4.69) is 28.1 Å². The second-order valence-electron chi connectivity index (χ2n) is 2.54. The lowest BCUT2D eigenvalue weighted by Crippen LogP contribution is -2.16. The van der Waals surface area contributed by atoms with E-state index in [-0.39, 0.29) is 0 Å². The van der Waals surface area contributed by atoms with Crippen molar-refractivity contribution in [2.75, 3.05) is 13.6 Å². The monoisotopic (exact) mass is 244 g/mol. The first-order chi connectivity index (χ1) is 5.72. The molecule has 1 rings (SSSR count). The standard InChI is InChI=1S/C8H9BrN2S/c1-11(5-4-10)6-7-2-3-8(9)12-7/h2-3H,5-6H2,1H3. The van der Waals surface area contributed by atoms with Crippen LogP contribution in [0.15, 0.2) is 15.9 Å². The van der Waals surface area contributed by atoms with Crippen molar-refractivity contribution in [2.45, 2.75) is 6.54 Å². The molecule has 0 radical (unpaired) electrons. The molecule has 0 spiro atoms. The largest absolute Gasteiger partial charge is 0.289 e. The predicted octanol–water partition coefficient (Wildman–Crippen LogP) is 2.47. The summed E-state index contributed by atoms with van der Waals surface area (Å²) in [7, 11) is 1.94. The maximum atomic E-state index is 8.42. The SMILES string of the molecule is CN(CC#N)Cc1ccc(Br)s1. The number of nitriles is 1. The Morgan fingerprint density at radius 2 is 2.42 bits per heavy atom. The average molecular weight is 245 g/mol. The molecule has 1 aromatic rings. The Labute approximate surface area is 84.6 Å². The van der Waals surface area contributed by atoms with Crippen LogP contribution in [0.2, 0.25) is 0 Å². The molecular formula is C8H9BrN2S. The summed E-state index contributed by atoms with van der Waals surface area (Å²) < 4.78 is 1.14. The summed E-state index contributed by atoms with van der Waals surface area (Å²) in [6.45, 7) is 1.33. The van der Waals surface area contributed by atoms with Crippen LogP contribution in [-0.4, -0.2) is 18.5 Å². The summed E-state index contributed by atoms with van der Waals surface area (Å²) in [4.78, 5) is 3.26. The highest BCUT2D eigenvalue weighted by atomic mass is 79.9. The van der Waals surface area contributed by atoms with Crippen molar-refractivity contribution in [3.8, 4) is 6.07 Å². The quantitative estimate of drug-likeness (QED) is 0.765. The Morgan fingerprint density at radius 3 is 2.92 bits per heavy atom. The van der Waals surface area contributed by atoms with Crippen LogP contribution in [0.1, 0.15) is 4.88 Å². The van der Waals surface area contributed by atoms with Crippen LogP contribution >= 0.6 is 27.3 Å². The molecule has 0 aliphatic rings. The van der Waals surface area contributed by atoms with Gasteiger partial charge in [-0.2, -0.15) is 5.26 Å². The molecular weight excluding hydrogens is 236 g/mol. The van der Waals surface area contributed by atoms with E-state index in [0.717, 1.165) is 10.3 Å². The smallest absolute Gasteiger partial charge is 0.0866 e. The summed E-state index contributed by atoms with van der Waals surface area (Å²) in [5, 5.41) is 8.42. The number of thiophene rings is 1. The van der Waals surface area contributed by atoms with Gasteiger partial charge in [-0.05, 0) is 35.1 Å². The number of nitrogens with zero attached hydrogens (tertiary/aromatic N) is 2. The molecule has 0 aliphatic heterocycles. The van der Waals surface area contributed by atoms with Crippen molar-refractivity contribution in [1.29, 1.82) is 5.26 Å². The minimum absolute atomic E-state index is 0.482. The van der Waals surface area contributed by atoms with Crippen LogP contribution < -0.4 is 0 Å². The van der Waals surface area contributed by atoms with E-state index < -0.39 is 0 Å². The van der Waals surface area contributed by atoms with Crippen molar-refractivity contribution in [1.82, 2.24) is 4.90 Å². The molecule has 4 heteroatoms. The molecule has 0 unspecified atom stereocenters. The van der Waals surface area contributed by atoms with Gasteiger partial charge >= 0.3 is 0 Å². The van der Waals surface area contributed by atoms with Gasteiger partial charge in [0.1, 0.15) is 0 Å². The van der Waals surface area contributed by atoms with Crippen LogP contribution in [0, 0.1) is 11.3 Å². The Bertz CT molecular complexity index is 289. The van der Waals surface area contributed by atoms with E-state index in [0.29, 0.717) is 6.54 Å². The van der Waals surface area contributed by atoms with Gasteiger partial charge in [-0.25, -0.2) is 0 Å². The average Bonchev–Trinajstić information content (AvgIpc) is 2.36. The van der Waals surface area contributed by atoms with E-state index in [1.54, 1.807) is 11.3 Å². The van der Waals surface area contributed by atoms with Gasteiger partial charge < -0.3 is 0 Å². The third kappa shape index (κ3) is 2.94. The second kappa shape index (κ2) is 4.61. The number of hydrogen-bond acceptors (Lipinski definition) is 3. The fourth-order valence-corrected chi connectivity index (χ4v) is 2.44. The zero-order valence-corrected chi connectivity index (χ0v) is 9.15. The first-order valence-corrected chi connectivity index (χ1v) is 5.13. The Morgan fingerprint density at radius 1 is 1.67 bits per heavy atom. The summed E-state index contributed by atoms with van der Waals surface area (Å²) in [6.07, 6.45) is 0. The first-order valence-electron chi connectivity index (χ1n) is 3.52. The molecule has 1 aromatic heterocycles. The summed E-state index contributed by atoms with van der Waals surface area (Å²) in [5.74, 6) is 0. The maximum Gasteiger partial charge on any atom is 0.0866 e. The molecule has 12 heavy (non-hydrogen) atoms. The van der Waals surface area contributed by atoms with Crippen LogP contribution in [0.5, 0.6) is 0 Å². The fraction of sp³-hybridized carbons (Fsp3) is 0.375. The van der Waals surface area contributed by atoms with Crippen molar-refractivity contribution >= 4 is 27.3 Å². The minimum Gasteiger partial charge on any atom is -0.289 e. The third-order valence-corrected chi connectivity index (χ3v) is 3.00. The highest BCUT2D eigenvalue weighted by Gasteiger charge is 2.01. The Balaban J connectivity index is 2.47. The van der Waals surface area contributed by atoms with Gasteiger partial charge in [0.05, 0.1) is 16.4 Å². The molecule has 1 heterocycles. The number of rotatable bonds is 3. The zero-order valence-electron chi connectivity index (χ0n) is 6.75. The van der Waals surface area contributed by atoms with Crippen LogP contribution in [0.4, 0.5) is 0 Å². The zero-order chi connectivity index (χ0) is 8.97. The number of hydrogen-bond donors (Lipinski definition) is 0. The minimum atomic E-state index is 0.482. The van der Waals surface area contributed by atoms with Gasteiger partial charge in [0.15, 0.2) is 0 Å². The Hall–Kier alpha value is -0.370. The molecule has 0 N–H and O–H groups in total. The van der Waals surface area contributed by atoms with Gasteiger partial charge in [-0.15, -0.1) is 11.3 Å². The fourth-order valence-electron chi connectivity index (χ4n) is 0.879. The van der Waals surface area contributed by atoms with Gasteiger partial charge in [0.25, 0.3) is 0 Å². The highest BCUT2D eigenvalue weighted by molar-refractivity contribution is 9.11. The summed E-state index contributed by atoms with van der Waals surface area (Å²) in [6, 6.07) is 6.21. The van der Waals surface area contributed by atoms with Crippen molar-refractivity contribution in [2.24, 2.45) is 0 Å². The molecule has 0 amide bonds. The highest BCUT2D eigenvalue weighted by Crippen LogP contribution is 2.22. The molecule has 0 atom stereocenters. The molecule has 0 bridgehead atoms. The lowest BCUT2D eigenvalue weighted by molar-refractivity contribution is 0.371. The second-order valence-corrected chi connectivity index (χ2v) is 5.08. The van der Waals surface area contributed by atoms with E-state index >= 15 is 0 Å².